The molecule has 0 bridgehead atoms. The van der Waals surface area contributed by atoms with Crippen LogP contribution in [0.2, 0.25) is 0 Å². The molecule has 0 heterocycles. The van der Waals surface area contributed by atoms with Crippen LogP contribution in [-0.4, -0.2) is 43.4 Å². The molecule has 0 aromatic heterocycles. The molecule has 0 aliphatic heterocycles. The molecule has 1 amide bonds. The molecule has 0 fully saturated rings. The van der Waals surface area contributed by atoms with E-state index >= 15 is 0 Å². The molecule has 0 spiro atoms. The SMILES string of the molecule is CC(C)NC(=NCC(=O)N(C)C)NC(C)c1ccccc1. The Morgan fingerprint density at radius 1 is 1.14 bits per heavy atom. The summed E-state index contributed by atoms with van der Waals surface area (Å²) in [6.45, 7) is 6.29. The highest BCUT2D eigenvalue weighted by Gasteiger charge is 2.10. The van der Waals surface area contributed by atoms with Crippen LogP contribution in [0.25, 0.3) is 0 Å². The predicted molar refractivity (Wildman–Crippen MR) is 87.3 cm³/mol. The first-order valence-electron chi connectivity index (χ1n) is 7.22. The van der Waals surface area contributed by atoms with Crippen molar-refractivity contribution in [3.05, 3.63) is 35.9 Å². The largest absolute Gasteiger partial charge is 0.354 e. The van der Waals surface area contributed by atoms with E-state index in [0.717, 1.165) is 0 Å². The minimum absolute atomic E-state index is 0.0211. The highest BCUT2D eigenvalue weighted by atomic mass is 16.2. The molecular formula is C16H26N4O. The number of likely N-dealkylation sites (N-methyl/N-ethyl adjacent to an activating group) is 1. The van der Waals surface area contributed by atoms with Crippen LogP contribution in [0.4, 0.5) is 0 Å². The van der Waals surface area contributed by atoms with Gasteiger partial charge in [-0.25, -0.2) is 4.99 Å². The van der Waals surface area contributed by atoms with Gasteiger partial charge in [-0.05, 0) is 26.3 Å². The average molecular weight is 290 g/mol. The second-order valence-electron chi connectivity index (χ2n) is 5.53. The summed E-state index contributed by atoms with van der Waals surface area (Å²) >= 11 is 0. The molecule has 5 nitrogen and oxygen atoms in total. The van der Waals surface area contributed by atoms with Gasteiger partial charge in [0.05, 0.1) is 6.04 Å². The van der Waals surface area contributed by atoms with Crippen LogP contribution in [-0.2, 0) is 4.79 Å². The normalized spacial score (nSPS) is 13.0. The molecule has 1 rings (SSSR count). The lowest BCUT2D eigenvalue weighted by Crippen LogP contribution is -2.42. The third-order valence-electron chi connectivity index (χ3n) is 2.95. The first kappa shape index (κ1) is 17.0. The van der Waals surface area contributed by atoms with Crippen molar-refractivity contribution in [2.75, 3.05) is 20.6 Å². The van der Waals surface area contributed by atoms with Gasteiger partial charge in [0, 0.05) is 20.1 Å². The topological polar surface area (TPSA) is 56.7 Å². The van der Waals surface area contributed by atoms with Gasteiger partial charge in [-0.2, -0.15) is 0 Å². The predicted octanol–water partition coefficient (Wildman–Crippen LogP) is 1.78. The Morgan fingerprint density at radius 2 is 1.76 bits per heavy atom. The van der Waals surface area contributed by atoms with E-state index in [1.54, 1.807) is 14.1 Å². The maximum Gasteiger partial charge on any atom is 0.243 e. The molecule has 1 aromatic carbocycles. The van der Waals surface area contributed by atoms with Gasteiger partial charge in [0.2, 0.25) is 5.91 Å². The van der Waals surface area contributed by atoms with Gasteiger partial charge in [0.25, 0.3) is 0 Å². The molecule has 5 heteroatoms. The lowest BCUT2D eigenvalue weighted by Gasteiger charge is -2.20. The van der Waals surface area contributed by atoms with Crippen molar-refractivity contribution in [2.45, 2.75) is 32.9 Å². The first-order chi connectivity index (χ1) is 9.90. The molecular weight excluding hydrogens is 264 g/mol. The van der Waals surface area contributed by atoms with Crippen molar-refractivity contribution >= 4 is 11.9 Å². The molecule has 0 saturated heterocycles. The monoisotopic (exact) mass is 290 g/mol. The number of guanidine groups is 1. The fraction of sp³-hybridized carbons (Fsp3) is 0.500. The van der Waals surface area contributed by atoms with E-state index < -0.39 is 0 Å². The maximum absolute atomic E-state index is 11.7. The van der Waals surface area contributed by atoms with Gasteiger partial charge >= 0.3 is 0 Å². The zero-order valence-electron chi connectivity index (χ0n) is 13.6. The highest BCUT2D eigenvalue weighted by Crippen LogP contribution is 2.10. The Bertz CT molecular complexity index is 468. The van der Waals surface area contributed by atoms with Crippen LogP contribution in [0.5, 0.6) is 0 Å². The van der Waals surface area contributed by atoms with Crippen molar-refractivity contribution in [3.63, 3.8) is 0 Å². The number of hydrogen-bond acceptors (Lipinski definition) is 2. The van der Waals surface area contributed by atoms with E-state index in [1.165, 1.54) is 10.5 Å². The van der Waals surface area contributed by atoms with E-state index in [2.05, 4.69) is 34.7 Å². The Hall–Kier alpha value is -2.04. The minimum atomic E-state index is -0.0211. The summed E-state index contributed by atoms with van der Waals surface area (Å²) < 4.78 is 0. The van der Waals surface area contributed by atoms with Gasteiger partial charge in [-0.3, -0.25) is 4.79 Å². The number of hydrogen-bond donors (Lipinski definition) is 2. The molecule has 116 valence electrons. The molecule has 0 aliphatic rings. The standard InChI is InChI=1S/C16H26N4O/c1-12(2)18-16(17-11-15(21)20(4)5)19-13(3)14-9-7-6-8-10-14/h6-10,12-13H,11H2,1-5H3,(H2,17,18,19). The molecule has 1 aromatic rings. The van der Waals surface area contributed by atoms with E-state index in [0.29, 0.717) is 5.96 Å². The number of rotatable bonds is 5. The Kier molecular flexibility index (Phi) is 6.72. The van der Waals surface area contributed by atoms with Gasteiger partial charge < -0.3 is 15.5 Å². The van der Waals surface area contributed by atoms with Crippen LogP contribution in [0.1, 0.15) is 32.4 Å². The number of amides is 1. The summed E-state index contributed by atoms with van der Waals surface area (Å²) in [6, 6.07) is 10.5. The Labute approximate surface area is 127 Å². The molecule has 2 N–H and O–H groups in total. The van der Waals surface area contributed by atoms with Gasteiger partial charge in [-0.1, -0.05) is 30.3 Å². The summed E-state index contributed by atoms with van der Waals surface area (Å²) in [7, 11) is 3.46. The van der Waals surface area contributed by atoms with E-state index in [-0.39, 0.29) is 24.5 Å². The number of carbonyl (C=O) groups excluding carboxylic acids is 1. The van der Waals surface area contributed by atoms with E-state index in [9.17, 15) is 4.79 Å². The van der Waals surface area contributed by atoms with Crippen molar-refractivity contribution in [1.29, 1.82) is 0 Å². The van der Waals surface area contributed by atoms with Crippen LogP contribution >= 0.6 is 0 Å². The Morgan fingerprint density at radius 3 is 2.29 bits per heavy atom. The molecule has 0 saturated carbocycles. The Balaban J connectivity index is 2.73. The summed E-state index contributed by atoms with van der Waals surface area (Å²) in [4.78, 5) is 17.5. The summed E-state index contributed by atoms with van der Waals surface area (Å²) in [5.74, 6) is 0.628. The number of benzene rings is 1. The van der Waals surface area contributed by atoms with Crippen molar-refractivity contribution < 1.29 is 4.79 Å². The average Bonchev–Trinajstić information content (AvgIpc) is 2.44. The molecule has 0 radical (unpaired) electrons. The van der Waals surface area contributed by atoms with Crippen molar-refractivity contribution in [2.24, 2.45) is 4.99 Å². The third kappa shape index (κ3) is 6.29. The number of carbonyl (C=O) groups is 1. The first-order valence-corrected chi connectivity index (χ1v) is 7.22. The van der Waals surface area contributed by atoms with Gasteiger partial charge in [-0.15, -0.1) is 0 Å². The van der Waals surface area contributed by atoms with Crippen molar-refractivity contribution in [3.8, 4) is 0 Å². The van der Waals surface area contributed by atoms with Crippen LogP contribution in [0.15, 0.2) is 35.3 Å². The molecule has 1 unspecified atom stereocenters. The van der Waals surface area contributed by atoms with Gasteiger partial charge in [0.15, 0.2) is 5.96 Å². The number of nitrogens with one attached hydrogen (secondary N) is 2. The number of aliphatic imine (C=N–C) groups is 1. The quantitative estimate of drug-likeness (QED) is 0.642. The fourth-order valence-electron chi connectivity index (χ4n) is 1.72. The zero-order valence-corrected chi connectivity index (χ0v) is 13.6. The minimum Gasteiger partial charge on any atom is -0.354 e. The lowest BCUT2D eigenvalue weighted by molar-refractivity contribution is -0.127. The smallest absolute Gasteiger partial charge is 0.243 e. The van der Waals surface area contributed by atoms with E-state index in [1.807, 2.05) is 32.0 Å². The molecule has 0 aliphatic carbocycles. The number of nitrogens with zero attached hydrogens (tertiary/aromatic N) is 2. The highest BCUT2D eigenvalue weighted by molar-refractivity contribution is 5.85. The van der Waals surface area contributed by atoms with Crippen molar-refractivity contribution in [1.82, 2.24) is 15.5 Å². The second kappa shape index (κ2) is 8.29. The molecule has 1 atom stereocenters. The molecule has 21 heavy (non-hydrogen) atoms. The maximum atomic E-state index is 11.7. The van der Waals surface area contributed by atoms with Crippen LogP contribution < -0.4 is 10.6 Å². The van der Waals surface area contributed by atoms with E-state index in [4.69, 9.17) is 0 Å². The fourth-order valence-corrected chi connectivity index (χ4v) is 1.72. The third-order valence-corrected chi connectivity index (χ3v) is 2.95. The van der Waals surface area contributed by atoms with Crippen LogP contribution in [0, 0.1) is 0 Å². The summed E-state index contributed by atoms with van der Waals surface area (Å²) in [5.41, 5.74) is 1.18. The van der Waals surface area contributed by atoms with Crippen LogP contribution in [0.3, 0.4) is 0 Å². The lowest BCUT2D eigenvalue weighted by atomic mass is 10.1. The zero-order chi connectivity index (χ0) is 15.8. The summed E-state index contributed by atoms with van der Waals surface area (Å²) in [5, 5.41) is 6.57. The van der Waals surface area contributed by atoms with Gasteiger partial charge in [0.1, 0.15) is 6.54 Å². The second-order valence-corrected chi connectivity index (χ2v) is 5.53. The summed E-state index contributed by atoms with van der Waals surface area (Å²) in [6.07, 6.45) is 0.